The summed E-state index contributed by atoms with van der Waals surface area (Å²) in [4.78, 5) is 33.8. The van der Waals surface area contributed by atoms with Crippen molar-refractivity contribution in [2.75, 3.05) is 6.61 Å². The van der Waals surface area contributed by atoms with Crippen LogP contribution in [0.2, 0.25) is 0 Å². The molecule has 1 saturated carbocycles. The van der Waals surface area contributed by atoms with Crippen LogP contribution in [0, 0.1) is 11.8 Å². The number of imide groups is 1. The summed E-state index contributed by atoms with van der Waals surface area (Å²) in [5.74, 6) is -1.71. The van der Waals surface area contributed by atoms with Gasteiger partial charge in [0.1, 0.15) is 12.8 Å². The molecule has 2 saturated heterocycles. The number of hydrogen-bond acceptors (Lipinski definition) is 5. The fourth-order valence-corrected chi connectivity index (χ4v) is 3.89. The molecule has 3 aliphatic rings. The summed E-state index contributed by atoms with van der Waals surface area (Å²) >= 11 is 6.39. The maximum atomic E-state index is 11.9. The number of halogens is 1. The third-order valence-corrected chi connectivity index (χ3v) is 4.98. The maximum Gasteiger partial charge on any atom is 0.329 e. The van der Waals surface area contributed by atoms with Crippen LogP contribution in [-0.2, 0) is 19.1 Å². The minimum atomic E-state index is -1.05. The Hall–Kier alpha value is -1.38. The number of nitrogens with one attached hydrogen (secondary N) is 2. The molecule has 0 aromatic carbocycles. The molecule has 3 rings (SSSR count). The third-order valence-electron chi connectivity index (χ3n) is 4.45. The predicted octanol–water partition coefficient (Wildman–Crippen LogP) is 0.0442. The summed E-state index contributed by atoms with van der Waals surface area (Å²) in [5.41, 5.74) is 0. The average molecular weight is 333 g/mol. The van der Waals surface area contributed by atoms with Gasteiger partial charge in [-0.2, -0.15) is 0 Å². The minimum Gasteiger partial charge on any atom is -0.480 e. The summed E-state index contributed by atoms with van der Waals surface area (Å²) in [5, 5.41) is 13.0. The highest BCUT2D eigenvalue weighted by molar-refractivity contribution is 6.21. The van der Waals surface area contributed by atoms with Crippen LogP contribution in [0.25, 0.3) is 0 Å². The predicted molar refractivity (Wildman–Crippen MR) is 73.2 cm³/mol. The zero-order valence-corrected chi connectivity index (χ0v) is 12.4. The van der Waals surface area contributed by atoms with Crippen LogP contribution in [-0.4, -0.2) is 53.4 Å². The number of carboxylic acid groups (broad SMARTS) is 1. The minimum absolute atomic E-state index is 0.0918. The van der Waals surface area contributed by atoms with Crippen molar-refractivity contribution in [1.29, 1.82) is 0 Å². The lowest BCUT2D eigenvalue weighted by atomic mass is 9.76. The van der Waals surface area contributed by atoms with E-state index in [1.807, 2.05) is 0 Å². The number of hydrogen-bond donors (Lipinski definition) is 3. The summed E-state index contributed by atoms with van der Waals surface area (Å²) in [7, 11) is 0. The van der Waals surface area contributed by atoms with E-state index in [4.69, 9.17) is 26.2 Å². The van der Waals surface area contributed by atoms with Gasteiger partial charge < -0.3 is 19.9 Å². The molecular weight excluding hydrogens is 316 g/mol. The number of rotatable bonds is 3. The van der Waals surface area contributed by atoms with Crippen molar-refractivity contribution in [2.45, 2.75) is 43.1 Å². The number of fused-ring (bicyclic) bond motifs is 2. The lowest BCUT2D eigenvalue weighted by Gasteiger charge is -2.48. The van der Waals surface area contributed by atoms with E-state index in [-0.39, 0.29) is 17.9 Å². The first-order valence-electron chi connectivity index (χ1n) is 7.20. The Morgan fingerprint density at radius 1 is 1.41 bits per heavy atom. The first-order chi connectivity index (χ1) is 10.5. The fraction of sp³-hybridized carbons (Fsp3) is 0.769. The smallest absolute Gasteiger partial charge is 0.329 e. The molecule has 2 aliphatic heterocycles. The molecule has 2 heterocycles. The van der Waals surface area contributed by atoms with Crippen molar-refractivity contribution >= 4 is 29.5 Å². The van der Waals surface area contributed by atoms with Crippen LogP contribution in [0.1, 0.15) is 19.3 Å². The highest BCUT2D eigenvalue weighted by Crippen LogP contribution is 2.41. The largest absolute Gasteiger partial charge is 0.480 e. The van der Waals surface area contributed by atoms with Crippen LogP contribution in [0.3, 0.4) is 0 Å². The van der Waals surface area contributed by atoms with Gasteiger partial charge in [-0.25, -0.2) is 9.59 Å². The highest BCUT2D eigenvalue weighted by Gasteiger charge is 2.50. The number of amides is 3. The van der Waals surface area contributed by atoms with Gasteiger partial charge in [-0.05, 0) is 25.2 Å². The maximum absolute atomic E-state index is 11.9. The quantitative estimate of drug-likeness (QED) is 0.629. The molecule has 3 N–H and O–H groups in total. The van der Waals surface area contributed by atoms with Crippen LogP contribution in [0.15, 0.2) is 0 Å². The van der Waals surface area contributed by atoms with Crippen LogP contribution in [0.5, 0.6) is 0 Å². The van der Waals surface area contributed by atoms with Gasteiger partial charge in [0, 0.05) is 0 Å². The molecule has 0 spiro atoms. The molecule has 1 aliphatic carbocycles. The molecule has 8 nitrogen and oxygen atoms in total. The fourth-order valence-electron chi connectivity index (χ4n) is 3.43. The van der Waals surface area contributed by atoms with E-state index in [0.717, 1.165) is 6.42 Å². The van der Waals surface area contributed by atoms with Crippen LogP contribution in [0.4, 0.5) is 4.79 Å². The summed E-state index contributed by atoms with van der Waals surface area (Å²) < 4.78 is 11.1. The van der Waals surface area contributed by atoms with E-state index in [1.165, 1.54) is 0 Å². The van der Waals surface area contributed by atoms with Crippen molar-refractivity contribution in [2.24, 2.45) is 11.8 Å². The van der Waals surface area contributed by atoms with Gasteiger partial charge in [-0.1, -0.05) is 0 Å². The molecule has 0 bridgehead atoms. The number of urea groups is 1. The topological polar surface area (TPSA) is 114 Å². The first-order valence-corrected chi connectivity index (χ1v) is 7.63. The second-order valence-corrected chi connectivity index (χ2v) is 6.36. The molecule has 3 fully saturated rings. The first kappa shape index (κ1) is 15.5. The molecule has 9 heteroatoms. The summed E-state index contributed by atoms with van der Waals surface area (Å²) in [6.45, 7) is -0.406. The SMILES string of the molecule is O=C(O)COC1CCC2CC3C(=O)NC(=O)NC3OC2C1Cl. The van der Waals surface area contributed by atoms with Gasteiger partial charge in [0.15, 0.2) is 0 Å². The molecule has 3 amide bonds. The van der Waals surface area contributed by atoms with Crippen molar-refractivity contribution in [3.8, 4) is 0 Å². The zero-order chi connectivity index (χ0) is 15.9. The number of ether oxygens (including phenoxy) is 2. The Kier molecular flexibility index (Phi) is 4.24. The third kappa shape index (κ3) is 2.90. The zero-order valence-electron chi connectivity index (χ0n) is 11.7. The number of carboxylic acids is 1. The molecule has 0 radical (unpaired) electrons. The Morgan fingerprint density at radius 3 is 2.91 bits per heavy atom. The molecule has 6 unspecified atom stereocenters. The molecular formula is C13H17ClN2O6. The second-order valence-electron chi connectivity index (χ2n) is 5.85. The summed E-state index contributed by atoms with van der Waals surface area (Å²) in [6.07, 6.45) is 0.461. The Morgan fingerprint density at radius 2 is 2.18 bits per heavy atom. The number of alkyl halides is 1. The Bertz CT molecular complexity index is 501. The van der Waals surface area contributed by atoms with Gasteiger partial charge in [-0.3, -0.25) is 10.1 Å². The van der Waals surface area contributed by atoms with Gasteiger partial charge in [-0.15, -0.1) is 11.6 Å². The number of aliphatic carboxylic acids is 1. The van der Waals surface area contributed by atoms with E-state index < -0.39 is 42.2 Å². The van der Waals surface area contributed by atoms with E-state index in [9.17, 15) is 14.4 Å². The normalized spacial score (nSPS) is 41.0. The van der Waals surface area contributed by atoms with Crippen molar-refractivity contribution in [3.05, 3.63) is 0 Å². The van der Waals surface area contributed by atoms with Gasteiger partial charge >= 0.3 is 12.0 Å². The van der Waals surface area contributed by atoms with E-state index in [0.29, 0.717) is 12.8 Å². The van der Waals surface area contributed by atoms with Crippen LogP contribution >= 0.6 is 11.6 Å². The van der Waals surface area contributed by atoms with Crippen LogP contribution < -0.4 is 10.6 Å². The molecule has 0 aromatic rings. The monoisotopic (exact) mass is 332 g/mol. The summed E-state index contributed by atoms with van der Waals surface area (Å²) in [6, 6.07) is -0.578. The number of carbonyl (C=O) groups excluding carboxylic acids is 2. The van der Waals surface area contributed by atoms with E-state index in [1.54, 1.807) is 0 Å². The average Bonchev–Trinajstić information content (AvgIpc) is 2.45. The van der Waals surface area contributed by atoms with E-state index >= 15 is 0 Å². The van der Waals surface area contributed by atoms with Gasteiger partial charge in [0.25, 0.3) is 0 Å². The molecule has 22 heavy (non-hydrogen) atoms. The Balaban J connectivity index is 1.67. The van der Waals surface area contributed by atoms with Crippen molar-refractivity contribution in [3.63, 3.8) is 0 Å². The highest BCUT2D eigenvalue weighted by atomic mass is 35.5. The molecule has 122 valence electrons. The van der Waals surface area contributed by atoms with E-state index in [2.05, 4.69) is 10.6 Å². The molecule has 0 aromatic heterocycles. The molecule has 6 atom stereocenters. The second kappa shape index (κ2) is 6.02. The number of carbonyl (C=O) groups is 3. The lowest BCUT2D eigenvalue weighted by molar-refractivity contribution is -0.173. The Labute approximate surface area is 131 Å². The van der Waals surface area contributed by atoms with Gasteiger partial charge in [0.2, 0.25) is 5.91 Å². The standard InChI is InChI=1S/C13H17ClN2O6/c14-9-7(21-4-8(17)18)2-1-5-3-6-11(19)15-13(20)16-12(6)22-10(5)9/h5-7,9-10,12H,1-4H2,(H,17,18)(H2,15,16,19,20). The lowest BCUT2D eigenvalue weighted by Crippen LogP contribution is -2.65. The van der Waals surface area contributed by atoms with Crippen molar-refractivity contribution in [1.82, 2.24) is 10.6 Å². The van der Waals surface area contributed by atoms with Gasteiger partial charge in [0.05, 0.1) is 23.5 Å². The van der Waals surface area contributed by atoms with Crippen molar-refractivity contribution < 1.29 is 29.0 Å².